The number of ether oxygens (including phenoxy) is 1. The van der Waals surface area contributed by atoms with Gasteiger partial charge < -0.3 is 20.3 Å². The number of nitrogens with one attached hydrogen (secondary N) is 2. The zero-order valence-corrected chi connectivity index (χ0v) is 21.3. The van der Waals surface area contributed by atoms with Gasteiger partial charge in [-0.25, -0.2) is 4.79 Å². The van der Waals surface area contributed by atoms with Crippen LogP contribution in [0.15, 0.2) is 24.3 Å². The number of likely N-dealkylation sites (N-methyl/N-ethyl adjacent to an activating group) is 1. The molecular formula is C24H39N3O4S. The number of alkyl carbamates (subject to hydrolysis) is 1. The first-order chi connectivity index (χ1) is 15.0. The van der Waals surface area contributed by atoms with E-state index in [0.29, 0.717) is 18.7 Å². The summed E-state index contributed by atoms with van der Waals surface area (Å²) >= 11 is 1.58. The SMILES string of the molecule is CCCCNC(=O)C(c1ccc(C)cc1)N(C)C(=O)C(CCSC)NC(=O)OC(C)(C)C. The van der Waals surface area contributed by atoms with Crippen molar-refractivity contribution in [2.24, 2.45) is 0 Å². The van der Waals surface area contributed by atoms with Gasteiger partial charge in [0.1, 0.15) is 17.7 Å². The van der Waals surface area contributed by atoms with Gasteiger partial charge in [0, 0.05) is 13.6 Å². The second kappa shape index (κ2) is 13.4. The Morgan fingerprint density at radius 3 is 2.31 bits per heavy atom. The van der Waals surface area contributed by atoms with Crippen LogP contribution in [0.3, 0.4) is 0 Å². The maximum atomic E-state index is 13.4. The molecule has 0 saturated heterocycles. The number of hydrogen-bond acceptors (Lipinski definition) is 5. The van der Waals surface area contributed by atoms with Crippen LogP contribution in [-0.2, 0) is 14.3 Å². The molecule has 0 saturated carbocycles. The van der Waals surface area contributed by atoms with Gasteiger partial charge in [0.25, 0.3) is 0 Å². The Hall–Kier alpha value is -2.22. The molecule has 0 aliphatic rings. The molecule has 180 valence electrons. The Morgan fingerprint density at radius 1 is 1.16 bits per heavy atom. The van der Waals surface area contributed by atoms with Crippen LogP contribution in [0.4, 0.5) is 4.79 Å². The number of unbranched alkanes of at least 4 members (excludes halogenated alkanes) is 1. The molecule has 32 heavy (non-hydrogen) atoms. The average molecular weight is 466 g/mol. The van der Waals surface area contributed by atoms with Gasteiger partial charge in [-0.3, -0.25) is 9.59 Å². The number of rotatable bonds is 11. The van der Waals surface area contributed by atoms with Gasteiger partial charge in [0.05, 0.1) is 0 Å². The zero-order chi connectivity index (χ0) is 24.3. The van der Waals surface area contributed by atoms with Crippen LogP contribution in [0.2, 0.25) is 0 Å². The number of aryl methyl sites for hydroxylation is 1. The number of amides is 3. The quantitative estimate of drug-likeness (QED) is 0.481. The van der Waals surface area contributed by atoms with Crippen molar-refractivity contribution in [2.45, 2.75) is 71.6 Å². The Balaban J connectivity index is 3.14. The molecule has 1 rings (SSSR count). The Bertz CT molecular complexity index is 747. The summed E-state index contributed by atoms with van der Waals surface area (Å²) in [4.78, 5) is 40.3. The first kappa shape index (κ1) is 27.8. The summed E-state index contributed by atoms with van der Waals surface area (Å²) in [5, 5.41) is 5.64. The highest BCUT2D eigenvalue weighted by Gasteiger charge is 2.33. The topological polar surface area (TPSA) is 87.7 Å². The minimum absolute atomic E-state index is 0.237. The fourth-order valence-corrected chi connectivity index (χ4v) is 3.57. The monoisotopic (exact) mass is 465 g/mol. The minimum Gasteiger partial charge on any atom is -0.444 e. The van der Waals surface area contributed by atoms with E-state index < -0.39 is 23.8 Å². The van der Waals surface area contributed by atoms with Crippen LogP contribution in [-0.4, -0.2) is 60.1 Å². The molecule has 7 nitrogen and oxygen atoms in total. The average Bonchev–Trinajstić information content (AvgIpc) is 2.71. The molecule has 1 aromatic carbocycles. The summed E-state index contributed by atoms with van der Waals surface area (Å²) in [7, 11) is 1.61. The van der Waals surface area contributed by atoms with Crippen LogP contribution in [0.1, 0.15) is 64.1 Å². The predicted octanol–water partition coefficient (Wildman–Crippen LogP) is 4.06. The molecule has 0 aliphatic carbocycles. The van der Waals surface area contributed by atoms with Crippen molar-refractivity contribution in [1.82, 2.24) is 15.5 Å². The summed E-state index contributed by atoms with van der Waals surface area (Å²) < 4.78 is 5.34. The van der Waals surface area contributed by atoms with E-state index in [1.54, 1.807) is 39.6 Å². The molecule has 0 spiro atoms. The summed E-state index contributed by atoms with van der Waals surface area (Å²) in [6.45, 7) is 9.88. The summed E-state index contributed by atoms with van der Waals surface area (Å²) in [5.74, 6) is 0.109. The van der Waals surface area contributed by atoms with E-state index in [1.165, 1.54) is 4.90 Å². The van der Waals surface area contributed by atoms with Crippen molar-refractivity contribution in [1.29, 1.82) is 0 Å². The molecule has 0 fully saturated rings. The Kier molecular flexibility index (Phi) is 11.6. The number of carbonyl (C=O) groups is 3. The largest absolute Gasteiger partial charge is 0.444 e. The van der Waals surface area contributed by atoms with Gasteiger partial charge in [-0.15, -0.1) is 0 Å². The highest BCUT2D eigenvalue weighted by Crippen LogP contribution is 2.22. The number of thioether (sulfide) groups is 1. The second-order valence-corrected chi connectivity index (χ2v) is 9.87. The van der Waals surface area contributed by atoms with E-state index in [1.807, 2.05) is 37.4 Å². The van der Waals surface area contributed by atoms with Crippen LogP contribution in [0.25, 0.3) is 0 Å². The highest BCUT2D eigenvalue weighted by atomic mass is 32.2. The molecule has 2 N–H and O–H groups in total. The fourth-order valence-electron chi connectivity index (χ4n) is 3.10. The molecule has 3 amide bonds. The molecule has 1 aromatic rings. The van der Waals surface area contributed by atoms with E-state index in [-0.39, 0.29) is 11.8 Å². The van der Waals surface area contributed by atoms with E-state index >= 15 is 0 Å². The Labute approximate surface area is 197 Å². The molecule has 2 atom stereocenters. The highest BCUT2D eigenvalue weighted by molar-refractivity contribution is 7.98. The van der Waals surface area contributed by atoms with Gasteiger partial charge in [0.2, 0.25) is 11.8 Å². The first-order valence-electron chi connectivity index (χ1n) is 11.1. The normalized spacial score (nSPS) is 13.1. The lowest BCUT2D eigenvalue weighted by Gasteiger charge is -2.31. The van der Waals surface area contributed by atoms with E-state index in [9.17, 15) is 14.4 Å². The summed E-state index contributed by atoms with van der Waals surface area (Å²) in [5.41, 5.74) is 1.12. The van der Waals surface area contributed by atoms with Crippen molar-refractivity contribution in [3.63, 3.8) is 0 Å². The lowest BCUT2D eigenvalue weighted by molar-refractivity contribution is -0.140. The molecule has 0 aliphatic heterocycles. The Morgan fingerprint density at radius 2 is 1.78 bits per heavy atom. The molecule has 2 unspecified atom stereocenters. The predicted molar refractivity (Wildman–Crippen MR) is 131 cm³/mol. The second-order valence-electron chi connectivity index (χ2n) is 8.89. The van der Waals surface area contributed by atoms with Crippen molar-refractivity contribution < 1.29 is 19.1 Å². The maximum absolute atomic E-state index is 13.4. The fraction of sp³-hybridized carbons (Fsp3) is 0.625. The van der Waals surface area contributed by atoms with Crippen molar-refractivity contribution in [2.75, 3.05) is 25.6 Å². The van der Waals surface area contributed by atoms with E-state index in [2.05, 4.69) is 17.6 Å². The van der Waals surface area contributed by atoms with Crippen LogP contribution in [0.5, 0.6) is 0 Å². The summed E-state index contributed by atoms with van der Waals surface area (Å²) in [6.07, 6.45) is 3.54. The first-order valence-corrected chi connectivity index (χ1v) is 12.5. The van der Waals surface area contributed by atoms with Crippen LogP contribution < -0.4 is 10.6 Å². The van der Waals surface area contributed by atoms with Crippen molar-refractivity contribution in [3.8, 4) is 0 Å². The molecule has 8 heteroatoms. The van der Waals surface area contributed by atoms with E-state index in [4.69, 9.17) is 4.74 Å². The number of benzene rings is 1. The van der Waals surface area contributed by atoms with Gasteiger partial charge in [-0.2, -0.15) is 11.8 Å². The molecule has 0 aromatic heterocycles. The molecular weight excluding hydrogens is 426 g/mol. The maximum Gasteiger partial charge on any atom is 0.408 e. The zero-order valence-electron chi connectivity index (χ0n) is 20.5. The molecule has 0 heterocycles. The number of carbonyl (C=O) groups excluding carboxylic acids is 3. The number of hydrogen-bond donors (Lipinski definition) is 2. The number of nitrogens with zero attached hydrogens (tertiary/aromatic N) is 1. The lowest BCUT2D eigenvalue weighted by atomic mass is 10.0. The molecule has 0 bridgehead atoms. The summed E-state index contributed by atoms with van der Waals surface area (Å²) in [6, 6.07) is 5.98. The smallest absolute Gasteiger partial charge is 0.408 e. The van der Waals surface area contributed by atoms with Gasteiger partial charge in [0.15, 0.2) is 0 Å². The van der Waals surface area contributed by atoms with Gasteiger partial charge >= 0.3 is 6.09 Å². The van der Waals surface area contributed by atoms with Crippen LogP contribution >= 0.6 is 11.8 Å². The van der Waals surface area contributed by atoms with Crippen molar-refractivity contribution >= 4 is 29.7 Å². The minimum atomic E-state index is -0.794. The third kappa shape index (κ3) is 9.51. The molecule has 0 radical (unpaired) electrons. The standard InChI is InChI=1S/C24H39N3O4S/c1-8-9-15-25-21(28)20(18-12-10-17(2)11-13-18)27(6)22(29)19(14-16-32-7)26-23(30)31-24(3,4)5/h10-13,19-20H,8-9,14-16H2,1-7H3,(H,25,28)(H,26,30). The van der Waals surface area contributed by atoms with Crippen LogP contribution in [0, 0.1) is 6.92 Å². The lowest BCUT2D eigenvalue weighted by Crippen LogP contribution is -2.52. The third-order valence-electron chi connectivity index (χ3n) is 4.81. The van der Waals surface area contributed by atoms with E-state index in [0.717, 1.165) is 24.0 Å². The van der Waals surface area contributed by atoms with Gasteiger partial charge in [-0.1, -0.05) is 43.2 Å². The third-order valence-corrected chi connectivity index (χ3v) is 5.45. The van der Waals surface area contributed by atoms with Gasteiger partial charge in [-0.05, 0) is 58.1 Å². The van der Waals surface area contributed by atoms with Crippen molar-refractivity contribution in [3.05, 3.63) is 35.4 Å².